The Hall–Kier alpha value is -2.52. The largest absolute Gasteiger partial charge is 0.508 e. The zero-order valence-electron chi connectivity index (χ0n) is 14.4. The van der Waals surface area contributed by atoms with E-state index in [4.69, 9.17) is 0 Å². The third-order valence-corrected chi connectivity index (χ3v) is 3.92. The van der Waals surface area contributed by atoms with Gasteiger partial charge in [-0.25, -0.2) is 0 Å². The highest BCUT2D eigenvalue weighted by atomic mass is 16.3. The molecule has 0 saturated heterocycles. The fourth-order valence-electron chi connectivity index (χ4n) is 2.55. The van der Waals surface area contributed by atoms with Gasteiger partial charge < -0.3 is 15.3 Å². The van der Waals surface area contributed by atoms with Gasteiger partial charge in [-0.2, -0.15) is 0 Å². The van der Waals surface area contributed by atoms with Gasteiger partial charge in [0.05, 0.1) is 6.61 Å². The van der Waals surface area contributed by atoms with Crippen molar-refractivity contribution in [1.82, 2.24) is 0 Å². The first-order valence-corrected chi connectivity index (χ1v) is 7.97. The number of allylic oxidation sites excluding steroid dienone is 2. The number of aromatic hydroxyl groups is 2. The van der Waals surface area contributed by atoms with Crippen molar-refractivity contribution in [1.29, 1.82) is 0 Å². The standard InChI is InChI=1S/C21H24O3/c1-14(2)4-8-20-17(11-19(23)12-18(20)13-22)7-5-16-6-9-21(24)15(3)10-16/h4-7,9-12,22-24H,8,13H2,1-3H3/b7-5+. The van der Waals surface area contributed by atoms with E-state index in [1.807, 2.05) is 45.1 Å². The van der Waals surface area contributed by atoms with Crippen LogP contribution in [0, 0.1) is 6.92 Å². The van der Waals surface area contributed by atoms with Crippen LogP contribution in [0.25, 0.3) is 12.2 Å². The second-order valence-electron chi connectivity index (χ2n) is 6.20. The molecule has 2 rings (SSSR count). The van der Waals surface area contributed by atoms with Crippen molar-refractivity contribution in [2.75, 3.05) is 0 Å². The quantitative estimate of drug-likeness (QED) is 0.557. The van der Waals surface area contributed by atoms with Crippen molar-refractivity contribution in [3.8, 4) is 11.5 Å². The van der Waals surface area contributed by atoms with Gasteiger partial charge in [0, 0.05) is 0 Å². The number of rotatable bonds is 5. The van der Waals surface area contributed by atoms with Crippen molar-refractivity contribution < 1.29 is 15.3 Å². The molecule has 3 nitrogen and oxygen atoms in total. The van der Waals surface area contributed by atoms with E-state index in [9.17, 15) is 15.3 Å². The third kappa shape index (κ3) is 4.49. The summed E-state index contributed by atoms with van der Waals surface area (Å²) in [4.78, 5) is 0. The molecule has 126 valence electrons. The summed E-state index contributed by atoms with van der Waals surface area (Å²) in [6, 6.07) is 8.72. The first kappa shape index (κ1) is 17.8. The number of hydrogen-bond acceptors (Lipinski definition) is 3. The van der Waals surface area contributed by atoms with Crippen LogP contribution in [0.1, 0.15) is 41.7 Å². The van der Waals surface area contributed by atoms with Gasteiger partial charge in [-0.15, -0.1) is 0 Å². The Morgan fingerprint density at radius 3 is 2.42 bits per heavy atom. The minimum absolute atomic E-state index is 0.112. The molecule has 0 bridgehead atoms. The van der Waals surface area contributed by atoms with E-state index in [2.05, 4.69) is 6.08 Å². The van der Waals surface area contributed by atoms with E-state index in [1.165, 1.54) is 5.57 Å². The molecule has 0 amide bonds. The van der Waals surface area contributed by atoms with Crippen LogP contribution >= 0.6 is 0 Å². The Bertz CT molecular complexity index is 782. The van der Waals surface area contributed by atoms with Crippen LogP contribution < -0.4 is 0 Å². The Balaban J connectivity index is 2.43. The van der Waals surface area contributed by atoms with Crippen LogP contribution in [-0.2, 0) is 13.0 Å². The summed E-state index contributed by atoms with van der Waals surface area (Å²) in [6.45, 7) is 5.81. The van der Waals surface area contributed by atoms with Crippen LogP contribution in [0.2, 0.25) is 0 Å². The van der Waals surface area contributed by atoms with Gasteiger partial charge in [0.2, 0.25) is 0 Å². The molecule has 0 atom stereocenters. The minimum Gasteiger partial charge on any atom is -0.508 e. The molecule has 0 radical (unpaired) electrons. The van der Waals surface area contributed by atoms with Gasteiger partial charge in [-0.05, 0) is 79.3 Å². The van der Waals surface area contributed by atoms with Crippen LogP contribution in [0.5, 0.6) is 11.5 Å². The maximum Gasteiger partial charge on any atom is 0.118 e. The summed E-state index contributed by atoms with van der Waals surface area (Å²) in [6.07, 6.45) is 6.67. The summed E-state index contributed by atoms with van der Waals surface area (Å²) < 4.78 is 0. The fraction of sp³-hybridized carbons (Fsp3) is 0.238. The summed E-state index contributed by atoms with van der Waals surface area (Å²) in [5.41, 5.74) is 5.59. The average molecular weight is 324 g/mol. The molecule has 0 aliphatic heterocycles. The summed E-state index contributed by atoms with van der Waals surface area (Å²) in [7, 11) is 0. The molecule has 0 aliphatic carbocycles. The third-order valence-electron chi connectivity index (χ3n) is 3.92. The number of hydrogen-bond donors (Lipinski definition) is 3. The lowest BCUT2D eigenvalue weighted by Crippen LogP contribution is -1.97. The maximum atomic E-state index is 9.91. The molecule has 0 spiro atoms. The predicted octanol–water partition coefficient (Wildman–Crippen LogP) is 4.58. The van der Waals surface area contributed by atoms with Crippen molar-refractivity contribution in [2.24, 2.45) is 0 Å². The van der Waals surface area contributed by atoms with E-state index >= 15 is 0 Å². The smallest absolute Gasteiger partial charge is 0.118 e. The molecule has 0 aromatic heterocycles. The molecule has 0 saturated carbocycles. The molecule has 2 aromatic carbocycles. The van der Waals surface area contributed by atoms with Crippen LogP contribution in [0.15, 0.2) is 42.0 Å². The monoisotopic (exact) mass is 324 g/mol. The van der Waals surface area contributed by atoms with E-state index < -0.39 is 0 Å². The molecule has 0 aliphatic rings. The molecule has 2 aromatic rings. The molecular formula is C21H24O3. The first-order chi connectivity index (χ1) is 11.4. The predicted molar refractivity (Wildman–Crippen MR) is 98.9 cm³/mol. The van der Waals surface area contributed by atoms with Gasteiger partial charge in [0.1, 0.15) is 11.5 Å². The molecule has 3 heteroatoms. The molecule has 0 heterocycles. The minimum atomic E-state index is -0.112. The highest BCUT2D eigenvalue weighted by Gasteiger charge is 2.08. The number of phenols is 2. The molecule has 0 unspecified atom stereocenters. The second-order valence-corrected chi connectivity index (χ2v) is 6.20. The second kappa shape index (κ2) is 7.84. The zero-order chi connectivity index (χ0) is 17.7. The van der Waals surface area contributed by atoms with Crippen LogP contribution in [0.4, 0.5) is 0 Å². The van der Waals surface area contributed by atoms with Gasteiger partial charge in [0.25, 0.3) is 0 Å². The Kier molecular flexibility index (Phi) is 5.83. The van der Waals surface area contributed by atoms with E-state index in [-0.39, 0.29) is 18.1 Å². The Labute approximate surface area is 143 Å². The lowest BCUT2D eigenvalue weighted by atomic mass is 9.96. The zero-order valence-corrected chi connectivity index (χ0v) is 14.4. The Morgan fingerprint density at radius 1 is 1.04 bits per heavy atom. The van der Waals surface area contributed by atoms with Crippen molar-refractivity contribution in [2.45, 2.75) is 33.8 Å². The van der Waals surface area contributed by atoms with Gasteiger partial charge >= 0.3 is 0 Å². The number of phenolic OH excluding ortho intramolecular Hbond substituents is 2. The van der Waals surface area contributed by atoms with Crippen LogP contribution in [0.3, 0.4) is 0 Å². The first-order valence-electron chi connectivity index (χ1n) is 7.97. The normalized spacial score (nSPS) is 11.0. The fourth-order valence-corrected chi connectivity index (χ4v) is 2.55. The van der Waals surface area contributed by atoms with Gasteiger partial charge in [-0.3, -0.25) is 0 Å². The van der Waals surface area contributed by atoms with E-state index in [0.717, 1.165) is 27.8 Å². The highest BCUT2D eigenvalue weighted by molar-refractivity contribution is 5.73. The lowest BCUT2D eigenvalue weighted by Gasteiger charge is -2.11. The number of benzene rings is 2. The van der Waals surface area contributed by atoms with E-state index in [0.29, 0.717) is 6.42 Å². The number of aliphatic hydroxyl groups excluding tert-OH is 1. The number of aryl methyl sites for hydroxylation is 1. The number of aliphatic hydroxyl groups is 1. The van der Waals surface area contributed by atoms with E-state index in [1.54, 1.807) is 18.2 Å². The van der Waals surface area contributed by atoms with Crippen molar-refractivity contribution in [3.05, 3.63) is 69.8 Å². The molecule has 3 N–H and O–H groups in total. The van der Waals surface area contributed by atoms with Crippen molar-refractivity contribution in [3.63, 3.8) is 0 Å². The molecule has 0 fully saturated rings. The molecular weight excluding hydrogens is 300 g/mol. The van der Waals surface area contributed by atoms with Crippen LogP contribution in [-0.4, -0.2) is 15.3 Å². The highest BCUT2D eigenvalue weighted by Crippen LogP contribution is 2.26. The topological polar surface area (TPSA) is 60.7 Å². The SMILES string of the molecule is CC(C)=CCc1c(/C=C/c2ccc(O)c(C)c2)cc(O)cc1CO. The van der Waals surface area contributed by atoms with Gasteiger partial charge in [0.15, 0.2) is 0 Å². The Morgan fingerprint density at radius 2 is 1.79 bits per heavy atom. The summed E-state index contributed by atoms with van der Waals surface area (Å²) >= 11 is 0. The maximum absolute atomic E-state index is 9.91. The van der Waals surface area contributed by atoms with Gasteiger partial charge in [-0.1, -0.05) is 29.9 Å². The molecule has 24 heavy (non-hydrogen) atoms. The average Bonchev–Trinajstić information content (AvgIpc) is 2.54. The summed E-state index contributed by atoms with van der Waals surface area (Å²) in [5, 5.41) is 29.1. The lowest BCUT2D eigenvalue weighted by molar-refractivity contribution is 0.280. The van der Waals surface area contributed by atoms with Crippen molar-refractivity contribution >= 4 is 12.2 Å². The summed E-state index contributed by atoms with van der Waals surface area (Å²) in [5.74, 6) is 0.415.